The lowest BCUT2D eigenvalue weighted by Crippen LogP contribution is -2.08. The lowest BCUT2D eigenvalue weighted by Gasteiger charge is -2.11. The topological polar surface area (TPSA) is 34.9 Å². The van der Waals surface area contributed by atoms with Gasteiger partial charge >= 0.3 is 0 Å². The highest BCUT2D eigenvalue weighted by Crippen LogP contribution is 2.21. The molecule has 2 rings (SSSR count). The van der Waals surface area contributed by atoms with Crippen LogP contribution in [0.25, 0.3) is 5.69 Å². The SMILES string of the molecule is CC(=O)c1cc(F)c(C)cc1-n1nc(C)cc1C. The summed E-state index contributed by atoms with van der Waals surface area (Å²) >= 11 is 0. The summed E-state index contributed by atoms with van der Waals surface area (Å²) in [6.45, 7) is 6.89. The van der Waals surface area contributed by atoms with Crippen LogP contribution in [-0.2, 0) is 0 Å². The maximum absolute atomic E-state index is 13.6. The van der Waals surface area contributed by atoms with Crippen molar-refractivity contribution in [2.75, 3.05) is 0 Å². The maximum atomic E-state index is 13.6. The Morgan fingerprint density at radius 3 is 2.39 bits per heavy atom. The van der Waals surface area contributed by atoms with Crippen molar-refractivity contribution in [3.8, 4) is 5.69 Å². The highest BCUT2D eigenvalue weighted by atomic mass is 19.1. The van der Waals surface area contributed by atoms with Crippen molar-refractivity contribution in [1.29, 1.82) is 0 Å². The van der Waals surface area contributed by atoms with Crippen molar-refractivity contribution in [2.24, 2.45) is 0 Å². The number of benzene rings is 1. The molecule has 0 bridgehead atoms. The molecule has 0 spiro atoms. The van der Waals surface area contributed by atoms with Gasteiger partial charge in [-0.1, -0.05) is 0 Å². The molecule has 0 amide bonds. The fraction of sp³-hybridized carbons (Fsp3) is 0.286. The number of aryl methyl sites for hydroxylation is 3. The highest BCUT2D eigenvalue weighted by Gasteiger charge is 2.15. The van der Waals surface area contributed by atoms with Gasteiger partial charge < -0.3 is 0 Å². The third-order valence-electron chi connectivity index (χ3n) is 2.89. The van der Waals surface area contributed by atoms with Crippen LogP contribution in [0.2, 0.25) is 0 Å². The molecular formula is C14H15FN2O. The molecule has 0 fully saturated rings. The van der Waals surface area contributed by atoms with Gasteiger partial charge in [0.2, 0.25) is 0 Å². The smallest absolute Gasteiger partial charge is 0.162 e. The molecule has 0 saturated heterocycles. The fourth-order valence-corrected chi connectivity index (χ4v) is 2.00. The van der Waals surface area contributed by atoms with E-state index in [1.165, 1.54) is 13.0 Å². The van der Waals surface area contributed by atoms with Gasteiger partial charge in [-0.3, -0.25) is 4.79 Å². The second-order valence-corrected chi connectivity index (χ2v) is 4.51. The molecule has 94 valence electrons. The van der Waals surface area contributed by atoms with Gasteiger partial charge in [-0.2, -0.15) is 5.10 Å². The van der Waals surface area contributed by atoms with Crippen LogP contribution >= 0.6 is 0 Å². The van der Waals surface area contributed by atoms with Crippen LogP contribution in [0, 0.1) is 26.6 Å². The van der Waals surface area contributed by atoms with Crippen molar-refractivity contribution in [3.05, 3.63) is 46.5 Å². The largest absolute Gasteiger partial charge is 0.294 e. The third-order valence-corrected chi connectivity index (χ3v) is 2.89. The van der Waals surface area contributed by atoms with E-state index < -0.39 is 0 Å². The summed E-state index contributed by atoms with van der Waals surface area (Å²) in [5.74, 6) is -0.540. The van der Waals surface area contributed by atoms with Gasteiger partial charge in [0.15, 0.2) is 5.78 Å². The summed E-state index contributed by atoms with van der Waals surface area (Å²) in [4.78, 5) is 11.6. The summed E-state index contributed by atoms with van der Waals surface area (Å²) < 4.78 is 15.2. The molecule has 1 heterocycles. The molecule has 18 heavy (non-hydrogen) atoms. The number of rotatable bonds is 2. The summed E-state index contributed by atoms with van der Waals surface area (Å²) in [5, 5.41) is 4.34. The van der Waals surface area contributed by atoms with E-state index in [1.807, 2.05) is 19.9 Å². The minimum atomic E-state index is -0.370. The zero-order valence-electron chi connectivity index (χ0n) is 10.9. The van der Waals surface area contributed by atoms with Gasteiger partial charge in [0.1, 0.15) is 5.82 Å². The molecule has 4 heteroatoms. The van der Waals surface area contributed by atoms with Crippen LogP contribution in [0.4, 0.5) is 4.39 Å². The van der Waals surface area contributed by atoms with Crippen LogP contribution in [0.15, 0.2) is 18.2 Å². The van der Waals surface area contributed by atoms with Crippen LogP contribution < -0.4 is 0 Å². The molecule has 0 unspecified atom stereocenters. The number of carbonyl (C=O) groups excluding carboxylic acids is 1. The second kappa shape index (κ2) is 4.37. The van der Waals surface area contributed by atoms with Gasteiger partial charge in [-0.05, 0) is 51.5 Å². The molecule has 0 radical (unpaired) electrons. The van der Waals surface area contributed by atoms with E-state index in [4.69, 9.17) is 0 Å². The first kappa shape index (κ1) is 12.5. The summed E-state index contributed by atoms with van der Waals surface area (Å²) in [6.07, 6.45) is 0. The highest BCUT2D eigenvalue weighted by molar-refractivity contribution is 5.97. The number of halogens is 1. The van der Waals surface area contributed by atoms with Crippen LogP contribution in [0.3, 0.4) is 0 Å². The molecule has 2 aromatic rings. The quantitative estimate of drug-likeness (QED) is 0.763. The molecule has 0 aliphatic heterocycles. The number of hydrogen-bond donors (Lipinski definition) is 0. The molecule has 0 aliphatic rings. The van der Waals surface area contributed by atoms with Crippen LogP contribution in [0.5, 0.6) is 0 Å². The van der Waals surface area contributed by atoms with Crippen molar-refractivity contribution in [2.45, 2.75) is 27.7 Å². The summed E-state index contributed by atoms with van der Waals surface area (Å²) in [6, 6.07) is 4.86. The Labute approximate surface area is 105 Å². The predicted molar refractivity (Wildman–Crippen MR) is 67.7 cm³/mol. The van der Waals surface area contributed by atoms with E-state index in [9.17, 15) is 9.18 Å². The molecule has 1 aromatic heterocycles. The fourth-order valence-electron chi connectivity index (χ4n) is 2.00. The van der Waals surface area contributed by atoms with Crippen LogP contribution in [0.1, 0.15) is 34.2 Å². The first-order valence-corrected chi connectivity index (χ1v) is 5.75. The number of Topliss-reactive ketones (excluding diaryl/α,β-unsaturated/α-hetero) is 1. The minimum Gasteiger partial charge on any atom is -0.294 e. The Morgan fingerprint density at radius 1 is 1.22 bits per heavy atom. The van der Waals surface area contributed by atoms with E-state index in [-0.39, 0.29) is 11.6 Å². The Balaban J connectivity index is 2.73. The maximum Gasteiger partial charge on any atom is 0.162 e. The lowest BCUT2D eigenvalue weighted by molar-refractivity contribution is 0.101. The van der Waals surface area contributed by atoms with Gasteiger partial charge in [0, 0.05) is 11.3 Å². The van der Waals surface area contributed by atoms with E-state index in [1.54, 1.807) is 17.7 Å². The third kappa shape index (κ3) is 2.06. The number of ketones is 1. The summed E-state index contributed by atoms with van der Waals surface area (Å²) in [5.41, 5.74) is 3.27. The molecule has 0 N–H and O–H groups in total. The zero-order valence-corrected chi connectivity index (χ0v) is 10.9. The van der Waals surface area contributed by atoms with E-state index in [2.05, 4.69) is 5.10 Å². The number of hydrogen-bond acceptors (Lipinski definition) is 2. The van der Waals surface area contributed by atoms with E-state index in [0.29, 0.717) is 16.8 Å². The van der Waals surface area contributed by atoms with Crippen molar-refractivity contribution < 1.29 is 9.18 Å². The van der Waals surface area contributed by atoms with Gasteiger partial charge in [0.25, 0.3) is 0 Å². The van der Waals surface area contributed by atoms with Gasteiger partial charge in [-0.25, -0.2) is 9.07 Å². The normalized spacial score (nSPS) is 10.7. The molecular weight excluding hydrogens is 231 g/mol. The van der Waals surface area contributed by atoms with E-state index >= 15 is 0 Å². The minimum absolute atomic E-state index is 0.170. The number of nitrogens with zero attached hydrogens (tertiary/aromatic N) is 2. The average Bonchev–Trinajstić information content (AvgIpc) is 2.61. The van der Waals surface area contributed by atoms with Crippen molar-refractivity contribution in [3.63, 3.8) is 0 Å². The van der Waals surface area contributed by atoms with Crippen molar-refractivity contribution >= 4 is 5.78 Å². The van der Waals surface area contributed by atoms with Gasteiger partial charge in [-0.15, -0.1) is 0 Å². The van der Waals surface area contributed by atoms with Crippen LogP contribution in [-0.4, -0.2) is 15.6 Å². The molecule has 0 saturated carbocycles. The lowest BCUT2D eigenvalue weighted by atomic mass is 10.1. The van der Waals surface area contributed by atoms with Crippen molar-refractivity contribution in [1.82, 2.24) is 9.78 Å². The standard InChI is InChI=1S/C14H15FN2O/c1-8-5-14(12(11(4)18)7-13(8)15)17-10(3)6-9(2)16-17/h5-7H,1-4H3. The Morgan fingerprint density at radius 2 is 1.89 bits per heavy atom. The van der Waals surface area contributed by atoms with E-state index in [0.717, 1.165) is 11.4 Å². The molecule has 1 aromatic carbocycles. The predicted octanol–water partition coefficient (Wildman–Crippen LogP) is 3.14. The van der Waals surface area contributed by atoms with Gasteiger partial charge in [0.05, 0.1) is 11.4 Å². The Hall–Kier alpha value is -1.97. The molecule has 0 atom stereocenters. The number of aromatic nitrogens is 2. The molecule has 0 aliphatic carbocycles. The zero-order chi connectivity index (χ0) is 13.4. The first-order chi connectivity index (χ1) is 8.40. The number of carbonyl (C=O) groups is 1. The second-order valence-electron chi connectivity index (χ2n) is 4.51. The summed E-state index contributed by atoms with van der Waals surface area (Å²) in [7, 11) is 0. The Bertz CT molecular complexity index is 629. The monoisotopic (exact) mass is 246 g/mol. The first-order valence-electron chi connectivity index (χ1n) is 5.75. The average molecular weight is 246 g/mol. The molecule has 3 nitrogen and oxygen atoms in total. The Kier molecular flexibility index (Phi) is 3.03.